The molecule has 5 rings (SSSR count). The normalized spacial score (nSPS) is 21.6. The maximum atomic E-state index is 13.5. The molecular weight excluding hydrogens is 461 g/mol. The summed E-state index contributed by atoms with van der Waals surface area (Å²) < 4.78 is 68.2. The second-order valence-electron chi connectivity index (χ2n) is 9.07. The van der Waals surface area contributed by atoms with Crippen molar-refractivity contribution in [3.63, 3.8) is 0 Å². The van der Waals surface area contributed by atoms with Crippen molar-refractivity contribution < 1.29 is 21.6 Å². The molecule has 0 spiro atoms. The minimum atomic E-state index is -4.61. The Morgan fingerprint density at radius 3 is 2.35 bits per heavy atom. The molecule has 0 aliphatic carbocycles. The second kappa shape index (κ2) is 8.83. The third-order valence-corrected chi connectivity index (χ3v) is 8.61. The molecule has 0 radical (unpaired) electrons. The summed E-state index contributed by atoms with van der Waals surface area (Å²) in [6.45, 7) is 2.73. The van der Waals surface area contributed by atoms with E-state index in [1.54, 1.807) is 0 Å². The summed E-state index contributed by atoms with van der Waals surface area (Å²) in [7, 11) is -4.11. The van der Waals surface area contributed by atoms with Crippen LogP contribution in [0.2, 0.25) is 0 Å². The Balaban J connectivity index is 1.47. The van der Waals surface area contributed by atoms with Crippen LogP contribution in [0.3, 0.4) is 0 Å². The number of fused-ring (bicyclic) bond motifs is 3. The number of halogens is 3. The van der Waals surface area contributed by atoms with Gasteiger partial charge in [0.05, 0.1) is 10.5 Å². The maximum Gasteiger partial charge on any atom is 0.416 e. The number of rotatable bonds is 4. The van der Waals surface area contributed by atoms with Crippen molar-refractivity contribution in [2.24, 2.45) is 5.92 Å². The monoisotopic (exact) mass is 486 g/mol. The van der Waals surface area contributed by atoms with Gasteiger partial charge in [-0.25, -0.2) is 8.42 Å². The molecule has 2 aliphatic heterocycles. The predicted molar refractivity (Wildman–Crippen MR) is 123 cm³/mol. The van der Waals surface area contributed by atoms with Crippen molar-refractivity contribution in [1.82, 2.24) is 9.21 Å². The highest BCUT2D eigenvalue weighted by atomic mass is 32.2. The quantitative estimate of drug-likeness (QED) is 0.514. The van der Waals surface area contributed by atoms with Gasteiger partial charge in [0.25, 0.3) is 0 Å². The van der Waals surface area contributed by atoms with E-state index in [9.17, 15) is 21.6 Å². The van der Waals surface area contributed by atoms with Crippen LogP contribution in [-0.4, -0.2) is 37.3 Å². The lowest BCUT2D eigenvalue weighted by molar-refractivity contribution is -0.137. The first-order chi connectivity index (χ1) is 16.2. The van der Waals surface area contributed by atoms with Crippen molar-refractivity contribution in [2.45, 2.75) is 30.1 Å². The van der Waals surface area contributed by atoms with Crippen molar-refractivity contribution in [3.8, 4) is 0 Å². The Kier molecular flexibility index (Phi) is 6.00. The van der Waals surface area contributed by atoms with Gasteiger partial charge < -0.3 is 0 Å². The van der Waals surface area contributed by atoms with E-state index in [0.29, 0.717) is 0 Å². The third-order valence-electron chi connectivity index (χ3n) is 6.80. The average Bonchev–Trinajstić information content (AvgIpc) is 3.13. The zero-order chi connectivity index (χ0) is 23.9. The number of hydrogen-bond donors (Lipinski definition) is 0. The van der Waals surface area contributed by atoms with Crippen molar-refractivity contribution in [3.05, 3.63) is 101 Å². The summed E-state index contributed by atoms with van der Waals surface area (Å²) in [4.78, 5) is 2.01. The molecule has 3 aromatic rings. The molecule has 0 bridgehead atoms. The molecule has 0 amide bonds. The lowest BCUT2D eigenvalue weighted by atomic mass is 9.87. The van der Waals surface area contributed by atoms with Gasteiger partial charge in [0, 0.05) is 38.6 Å². The molecule has 34 heavy (non-hydrogen) atoms. The summed E-state index contributed by atoms with van der Waals surface area (Å²) in [6, 6.07) is 22.0. The van der Waals surface area contributed by atoms with Crippen LogP contribution in [0.5, 0.6) is 0 Å². The lowest BCUT2D eigenvalue weighted by Gasteiger charge is -2.24. The smallest absolute Gasteiger partial charge is 0.298 e. The first-order valence-electron chi connectivity index (χ1n) is 11.2. The highest BCUT2D eigenvalue weighted by Gasteiger charge is 2.41. The molecule has 178 valence electrons. The van der Waals surface area contributed by atoms with E-state index in [2.05, 4.69) is 23.1 Å². The molecule has 2 heterocycles. The predicted octanol–water partition coefficient (Wildman–Crippen LogP) is 5.13. The zero-order valence-corrected chi connectivity index (χ0v) is 19.3. The van der Waals surface area contributed by atoms with Crippen LogP contribution in [-0.2, 0) is 29.3 Å². The largest absolute Gasteiger partial charge is 0.416 e. The highest BCUT2D eigenvalue weighted by Crippen LogP contribution is 2.40. The number of benzene rings is 3. The Labute approximate surface area is 197 Å². The van der Waals surface area contributed by atoms with E-state index in [0.717, 1.165) is 49.0 Å². The van der Waals surface area contributed by atoms with Gasteiger partial charge in [-0.2, -0.15) is 17.5 Å². The first kappa shape index (κ1) is 23.1. The molecule has 2 aliphatic rings. The lowest BCUT2D eigenvalue weighted by Crippen LogP contribution is -2.35. The van der Waals surface area contributed by atoms with Gasteiger partial charge in [0.1, 0.15) is 0 Å². The van der Waals surface area contributed by atoms with Crippen LogP contribution in [0, 0.1) is 5.92 Å². The molecule has 0 saturated carbocycles. The molecule has 0 unspecified atom stereocenters. The van der Waals surface area contributed by atoms with E-state index < -0.39 is 21.8 Å². The molecule has 8 heteroatoms. The maximum absolute atomic E-state index is 13.5. The van der Waals surface area contributed by atoms with E-state index in [1.165, 1.54) is 15.9 Å². The fourth-order valence-electron chi connectivity index (χ4n) is 5.19. The van der Waals surface area contributed by atoms with Gasteiger partial charge in [-0.3, -0.25) is 4.90 Å². The zero-order valence-electron chi connectivity index (χ0n) is 18.4. The van der Waals surface area contributed by atoms with E-state index in [1.807, 2.05) is 36.4 Å². The summed E-state index contributed by atoms with van der Waals surface area (Å²) in [5.41, 5.74) is 2.27. The fraction of sp³-hybridized carbons (Fsp3) is 0.308. The van der Waals surface area contributed by atoms with E-state index in [4.69, 9.17) is 0 Å². The van der Waals surface area contributed by atoms with Crippen LogP contribution in [0.15, 0.2) is 83.8 Å². The van der Waals surface area contributed by atoms with Gasteiger partial charge in [0.2, 0.25) is 10.0 Å². The van der Waals surface area contributed by atoms with Gasteiger partial charge >= 0.3 is 6.18 Å². The Hall–Kier alpha value is -2.68. The van der Waals surface area contributed by atoms with Crippen LogP contribution < -0.4 is 0 Å². The number of likely N-dealkylation sites (tertiary alicyclic amines) is 1. The SMILES string of the molecule is O=S(=O)(c1cccc(C(F)(F)F)c1)N1Cc2ccccc2[C@H]2CN(Cc3ccccc3)C[C@@H]2C1. The number of hydrogen-bond acceptors (Lipinski definition) is 3. The summed E-state index contributed by atoms with van der Waals surface area (Å²) >= 11 is 0. The van der Waals surface area contributed by atoms with Crippen LogP contribution in [0.4, 0.5) is 13.2 Å². The Morgan fingerprint density at radius 1 is 0.853 bits per heavy atom. The molecule has 3 aromatic carbocycles. The van der Waals surface area contributed by atoms with Crippen LogP contribution in [0.25, 0.3) is 0 Å². The van der Waals surface area contributed by atoms with Gasteiger partial charge in [-0.1, -0.05) is 60.7 Å². The first-order valence-corrected chi connectivity index (χ1v) is 12.7. The minimum absolute atomic E-state index is 0.0490. The molecule has 4 nitrogen and oxygen atoms in total. The van der Waals surface area contributed by atoms with Crippen LogP contribution >= 0.6 is 0 Å². The van der Waals surface area contributed by atoms with Gasteiger partial charge in [0.15, 0.2) is 0 Å². The fourth-order valence-corrected chi connectivity index (χ4v) is 6.71. The van der Waals surface area contributed by atoms with E-state index in [-0.39, 0.29) is 29.8 Å². The molecule has 1 saturated heterocycles. The van der Waals surface area contributed by atoms with Gasteiger partial charge in [-0.15, -0.1) is 0 Å². The minimum Gasteiger partial charge on any atom is -0.298 e. The summed E-state index contributed by atoms with van der Waals surface area (Å²) in [5.74, 6) is 0.217. The molecule has 0 aromatic heterocycles. The third kappa shape index (κ3) is 4.50. The molecule has 1 fully saturated rings. The Bertz CT molecular complexity index is 1280. The van der Waals surface area contributed by atoms with Crippen molar-refractivity contribution >= 4 is 10.0 Å². The average molecular weight is 487 g/mol. The van der Waals surface area contributed by atoms with Crippen molar-refractivity contribution in [2.75, 3.05) is 19.6 Å². The number of alkyl halides is 3. The molecule has 2 atom stereocenters. The highest BCUT2D eigenvalue weighted by molar-refractivity contribution is 7.89. The number of nitrogens with zero attached hydrogens (tertiary/aromatic N) is 2. The van der Waals surface area contributed by atoms with Gasteiger partial charge in [-0.05, 0) is 40.8 Å². The standard InChI is InChI=1S/C26H25F3N2O2S/c27-26(28,29)22-10-6-11-23(13-22)34(32,33)31-16-20-9-4-5-12-24(20)25-18-30(15-21(25)17-31)14-19-7-2-1-3-8-19/h1-13,21,25H,14-18H2/t21-,25+/m1/s1. The summed E-state index contributed by atoms with van der Waals surface area (Å²) in [6.07, 6.45) is -4.61. The molecular formula is C26H25F3N2O2S. The van der Waals surface area contributed by atoms with Crippen LogP contribution in [0.1, 0.15) is 28.2 Å². The Morgan fingerprint density at radius 2 is 1.59 bits per heavy atom. The van der Waals surface area contributed by atoms with E-state index >= 15 is 0 Å². The topological polar surface area (TPSA) is 40.6 Å². The van der Waals surface area contributed by atoms with Crippen molar-refractivity contribution in [1.29, 1.82) is 0 Å². The molecule has 0 N–H and O–H groups in total. The second-order valence-corrected chi connectivity index (χ2v) is 11.0. The number of sulfonamides is 1. The summed E-state index contributed by atoms with van der Waals surface area (Å²) in [5, 5.41) is 0.